The Morgan fingerprint density at radius 2 is 2.08 bits per heavy atom. The van der Waals surface area contributed by atoms with Crippen LogP contribution in [0.2, 0.25) is 0 Å². The molecule has 2 aliphatic rings. The molecule has 3 heteroatoms. The largest absolute Gasteiger partial charge is 0.329 e. The summed E-state index contributed by atoms with van der Waals surface area (Å²) in [7, 11) is 2.19. The molecule has 3 nitrogen and oxygen atoms in total. The van der Waals surface area contributed by atoms with Crippen molar-refractivity contribution in [2.75, 3.05) is 39.8 Å². The van der Waals surface area contributed by atoms with Crippen LogP contribution in [0.15, 0.2) is 0 Å². The second kappa shape index (κ2) is 2.98. The molecule has 2 aliphatic heterocycles. The molecule has 12 heavy (non-hydrogen) atoms. The van der Waals surface area contributed by atoms with Gasteiger partial charge in [0.25, 0.3) is 0 Å². The second-order valence-electron chi connectivity index (χ2n) is 4.26. The lowest BCUT2D eigenvalue weighted by Crippen LogP contribution is -2.60. The Hall–Kier alpha value is -0.120. The molecule has 2 rings (SSSR count). The molecule has 0 amide bonds. The van der Waals surface area contributed by atoms with Crippen molar-refractivity contribution in [1.29, 1.82) is 0 Å². The summed E-state index contributed by atoms with van der Waals surface area (Å²) in [6, 6.07) is 0. The van der Waals surface area contributed by atoms with E-state index in [1.165, 1.54) is 39.0 Å². The van der Waals surface area contributed by atoms with Crippen LogP contribution in [-0.2, 0) is 0 Å². The molecular weight excluding hydrogens is 150 g/mol. The van der Waals surface area contributed by atoms with Crippen molar-refractivity contribution in [3.05, 3.63) is 0 Å². The zero-order valence-corrected chi connectivity index (χ0v) is 7.92. The lowest BCUT2D eigenvalue weighted by molar-refractivity contribution is 0.0424. The monoisotopic (exact) mass is 169 g/mol. The highest BCUT2D eigenvalue weighted by molar-refractivity contribution is 5.01. The number of hydrogen-bond acceptors (Lipinski definition) is 3. The minimum Gasteiger partial charge on any atom is -0.329 e. The maximum Gasteiger partial charge on any atom is 0.0470 e. The van der Waals surface area contributed by atoms with Crippen LogP contribution >= 0.6 is 0 Å². The van der Waals surface area contributed by atoms with Crippen molar-refractivity contribution >= 4 is 0 Å². The van der Waals surface area contributed by atoms with Gasteiger partial charge >= 0.3 is 0 Å². The summed E-state index contributed by atoms with van der Waals surface area (Å²) >= 11 is 0. The molecule has 70 valence electrons. The van der Waals surface area contributed by atoms with E-state index < -0.39 is 0 Å². The van der Waals surface area contributed by atoms with E-state index in [9.17, 15) is 0 Å². The molecule has 2 N–H and O–H groups in total. The number of nitrogens with zero attached hydrogens (tertiary/aromatic N) is 2. The molecule has 0 saturated carbocycles. The minimum atomic E-state index is 0.340. The first-order valence-corrected chi connectivity index (χ1v) is 4.90. The normalized spacial score (nSPS) is 38.5. The molecule has 0 aromatic rings. The van der Waals surface area contributed by atoms with Crippen LogP contribution in [0.4, 0.5) is 0 Å². The quantitative estimate of drug-likeness (QED) is 0.617. The van der Waals surface area contributed by atoms with Crippen LogP contribution in [0.1, 0.15) is 12.8 Å². The molecule has 2 heterocycles. The molecule has 0 bridgehead atoms. The third-order valence-electron chi connectivity index (χ3n) is 3.43. The fraction of sp³-hybridized carbons (Fsp3) is 1.00. The summed E-state index contributed by atoms with van der Waals surface area (Å²) in [6.45, 7) is 5.75. The third kappa shape index (κ3) is 1.16. The summed E-state index contributed by atoms with van der Waals surface area (Å²) in [5.74, 6) is 0. The van der Waals surface area contributed by atoms with Gasteiger partial charge < -0.3 is 10.6 Å². The van der Waals surface area contributed by atoms with E-state index >= 15 is 0 Å². The third-order valence-corrected chi connectivity index (χ3v) is 3.43. The lowest BCUT2D eigenvalue weighted by Gasteiger charge is -2.46. The first kappa shape index (κ1) is 8.48. The highest BCUT2D eigenvalue weighted by Gasteiger charge is 2.42. The van der Waals surface area contributed by atoms with Gasteiger partial charge in [0, 0.05) is 31.7 Å². The van der Waals surface area contributed by atoms with Gasteiger partial charge in [0.1, 0.15) is 0 Å². The van der Waals surface area contributed by atoms with Crippen LogP contribution in [-0.4, -0.2) is 55.1 Å². The van der Waals surface area contributed by atoms with Gasteiger partial charge in [-0.3, -0.25) is 4.90 Å². The van der Waals surface area contributed by atoms with E-state index in [2.05, 4.69) is 16.8 Å². The standard InChI is InChI=1S/C9H19N3/c1-11-6-3-9(7-10,8-11)12-4-2-5-12/h2-8,10H2,1H3. The van der Waals surface area contributed by atoms with Crippen molar-refractivity contribution in [3.8, 4) is 0 Å². The van der Waals surface area contributed by atoms with E-state index in [1.54, 1.807) is 0 Å². The van der Waals surface area contributed by atoms with Gasteiger partial charge in [-0.25, -0.2) is 0 Å². The SMILES string of the molecule is CN1CCC(CN)(N2CCC2)C1. The molecule has 0 aliphatic carbocycles. The number of likely N-dealkylation sites (tertiary alicyclic amines) is 2. The van der Waals surface area contributed by atoms with Crippen molar-refractivity contribution in [1.82, 2.24) is 9.80 Å². The zero-order valence-electron chi connectivity index (χ0n) is 7.92. The Balaban J connectivity index is 2.03. The highest BCUT2D eigenvalue weighted by Crippen LogP contribution is 2.29. The number of rotatable bonds is 2. The molecule has 0 radical (unpaired) electrons. The maximum atomic E-state index is 5.87. The molecule has 0 aromatic carbocycles. The van der Waals surface area contributed by atoms with Gasteiger partial charge in [0.2, 0.25) is 0 Å². The Morgan fingerprint density at radius 1 is 1.33 bits per heavy atom. The molecule has 0 spiro atoms. The molecule has 0 aromatic heterocycles. The van der Waals surface area contributed by atoms with Crippen LogP contribution in [0.25, 0.3) is 0 Å². The van der Waals surface area contributed by atoms with Crippen LogP contribution in [0, 0.1) is 0 Å². The number of nitrogens with two attached hydrogens (primary N) is 1. The van der Waals surface area contributed by atoms with Crippen LogP contribution in [0.3, 0.4) is 0 Å². The van der Waals surface area contributed by atoms with Gasteiger partial charge in [-0.05, 0) is 26.4 Å². The summed E-state index contributed by atoms with van der Waals surface area (Å²) in [4.78, 5) is 4.96. The van der Waals surface area contributed by atoms with Crippen LogP contribution < -0.4 is 5.73 Å². The minimum absolute atomic E-state index is 0.340. The highest BCUT2D eigenvalue weighted by atomic mass is 15.3. The number of likely N-dealkylation sites (N-methyl/N-ethyl adjacent to an activating group) is 1. The van der Waals surface area contributed by atoms with Crippen molar-refractivity contribution in [3.63, 3.8) is 0 Å². The maximum absolute atomic E-state index is 5.87. The fourth-order valence-corrected chi connectivity index (χ4v) is 2.40. The van der Waals surface area contributed by atoms with Crippen molar-refractivity contribution in [2.45, 2.75) is 18.4 Å². The van der Waals surface area contributed by atoms with Gasteiger partial charge in [0.05, 0.1) is 0 Å². The van der Waals surface area contributed by atoms with E-state index in [1.807, 2.05) is 0 Å². The van der Waals surface area contributed by atoms with Gasteiger partial charge in [0.15, 0.2) is 0 Å². The predicted octanol–water partition coefficient (Wildman–Crippen LogP) is -0.275. The molecule has 1 atom stereocenters. The van der Waals surface area contributed by atoms with Crippen LogP contribution in [0.5, 0.6) is 0 Å². The summed E-state index contributed by atoms with van der Waals surface area (Å²) in [5.41, 5.74) is 6.21. The van der Waals surface area contributed by atoms with E-state index in [-0.39, 0.29) is 0 Å². The van der Waals surface area contributed by atoms with Crippen molar-refractivity contribution in [2.24, 2.45) is 5.73 Å². The summed E-state index contributed by atoms with van der Waals surface area (Å²) in [5, 5.41) is 0. The average Bonchev–Trinajstić information content (AvgIpc) is 2.30. The zero-order chi connectivity index (χ0) is 8.60. The first-order chi connectivity index (χ1) is 5.77. The molecule has 2 saturated heterocycles. The smallest absolute Gasteiger partial charge is 0.0470 e. The fourth-order valence-electron chi connectivity index (χ4n) is 2.40. The topological polar surface area (TPSA) is 32.5 Å². The van der Waals surface area contributed by atoms with Crippen molar-refractivity contribution < 1.29 is 0 Å². The first-order valence-electron chi connectivity index (χ1n) is 4.90. The van der Waals surface area contributed by atoms with Gasteiger partial charge in [-0.1, -0.05) is 0 Å². The second-order valence-corrected chi connectivity index (χ2v) is 4.26. The lowest BCUT2D eigenvalue weighted by atomic mass is 9.92. The van der Waals surface area contributed by atoms with E-state index in [0.29, 0.717) is 5.54 Å². The summed E-state index contributed by atoms with van der Waals surface area (Å²) < 4.78 is 0. The van der Waals surface area contributed by atoms with Gasteiger partial charge in [-0.15, -0.1) is 0 Å². The Labute approximate surface area is 74.5 Å². The Morgan fingerprint density at radius 3 is 2.42 bits per heavy atom. The molecule has 2 fully saturated rings. The average molecular weight is 169 g/mol. The van der Waals surface area contributed by atoms with Gasteiger partial charge in [-0.2, -0.15) is 0 Å². The Kier molecular flexibility index (Phi) is 2.10. The summed E-state index contributed by atoms with van der Waals surface area (Å²) in [6.07, 6.45) is 2.63. The predicted molar refractivity (Wildman–Crippen MR) is 50.1 cm³/mol. The van der Waals surface area contributed by atoms with E-state index in [4.69, 9.17) is 5.73 Å². The molecular formula is C9H19N3. The van der Waals surface area contributed by atoms with E-state index in [0.717, 1.165) is 6.54 Å². The Bertz CT molecular complexity index is 167. The number of hydrogen-bond donors (Lipinski definition) is 1. The molecule has 1 unspecified atom stereocenters.